The molecule has 2 nitrogen and oxygen atoms in total. The number of para-hydroxylation sites is 1. The number of unbranched alkanes of at least 4 members (excludes halogenated alkanes) is 3. The van der Waals surface area contributed by atoms with Gasteiger partial charge in [0.2, 0.25) is 0 Å². The van der Waals surface area contributed by atoms with Crippen molar-refractivity contribution in [3.05, 3.63) is 82.7 Å². The van der Waals surface area contributed by atoms with Gasteiger partial charge in [-0.3, -0.25) is 4.79 Å². The van der Waals surface area contributed by atoms with Gasteiger partial charge in [0.15, 0.2) is 6.29 Å². The summed E-state index contributed by atoms with van der Waals surface area (Å²) in [6, 6.07) is 24.1. The Morgan fingerprint density at radius 2 is 1.54 bits per heavy atom. The molecule has 1 N–H and O–H groups in total. The third-order valence-corrected chi connectivity index (χ3v) is 12.1. The number of anilines is 2. The van der Waals surface area contributed by atoms with E-state index in [1.807, 2.05) is 45.1 Å². The summed E-state index contributed by atoms with van der Waals surface area (Å²) in [6.07, 6.45) is 10.8. The van der Waals surface area contributed by atoms with Crippen molar-refractivity contribution in [1.29, 1.82) is 0 Å². The number of nitrogens with one attached hydrogen (secondary N) is 1. The molecule has 0 bridgehead atoms. The third-order valence-electron chi connectivity index (χ3n) is 7.72. The van der Waals surface area contributed by atoms with Crippen molar-refractivity contribution in [2.45, 2.75) is 124 Å². The Bertz CT molecular complexity index is 1390. The lowest BCUT2D eigenvalue weighted by Crippen LogP contribution is -2.04. The molecule has 252 valence electrons. The fourth-order valence-electron chi connectivity index (χ4n) is 5.57. The van der Waals surface area contributed by atoms with Crippen LogP contribution in [0.3, 0.4) is 0 Å². The summed E-state index contributed by atoms with van der Waals surface area (Å²) in [6.45, 7) is 19.3. The Kier molecular flexibility index (Phi) is 19.3. The van der Waals surface area contributed by atoms with Gasteiger partial charge in [0.1, 0.15) is 0 Å². The lowest BCUT2D eigenvalue weighted by molar-refractivity contribution is 0.112. The van der Waals surface area contributed by atoms with Crippen molar-refractivity contribution in [2.75, 3.05) is 5.32 Å². The molecule has 46 heavy (non-hydrogen) atoms. The Balaban J connectivity index is 0.000000977. The van der Waals surface area contributed by atoms with Crippen LogP contribution in [0.1, 0.15) is 133 Å². The van der Waals surface area contributed by atoms with Crippen LogP contribution in [0, 0.1) is 5.92 Å². The summed E-state index contributed by atoms with van der Waals surface area (Å²) in [5, 5.41) is 4.95. The van der Waals surface area contributed by atoms with E-state index in [9.17, 15) is 4.79 Å². The molecule has 1 aliphatic rings. The molecule has 2 aromatic heterocycles. The summed E-state index contributed by atoms with van der Waals surface area (Å²) in [5.41, 5.74) is 6.49. The Hall–Kier alpha value is -2.34. The van der Waals surface area contributed by atoms with Gasteiger partial charge in [0.05, 0.1) is 4.88 Å². The van der Waals surface area contributed by atoms with E-state index in [2.05, 4.69) is 112 Å². The van der Waals surface area contributed by atoms with Crippen LogP contribution < -0.4 is 5.32 Å². The number of aldehydes is 1. The number of hydrogen-bond donors (Lipinski definition) is 1. The van der Waals surface area contributed by atoms with E-state index >= 15 is 0 Å². The molecule has 0 saturated carbocycles. The maximum atomic E-state index is 11.4. The minimum atomic E-state index is 0.488. The molecule has 5 heteroatoms. The maximum absolute atomic E-state index is 11.4. The largest absolute Gasteiger partial charge is 0.355 e. The summed E-state index contributed by atoms with van der Waals surface area (Å²) in [7, 11) is 0. The lowest BCUT2D eigenvalue weighted by atomic mass is 9.93. The average Bonchev–Trinajstić information content (AvgIpc) is 3.84. The monoisotopic (exact) mass is 677 g/mol. The van der Waals surface area contributed by atoms with Crippen LogP contribution in [-0.2, 0) is 6.42 Å². The second kappa shape index (κ2) is 22.3. The predicted octanol–water partition coefficient (Wildman–Crippen LogP) is 14.9. The first-order chi connectivity index (χ1) is 22.5. The molecule has 3 heterocycles. The minimum Gasteiger partial charge on any atom is -0.355 e. The number of rotatable bonds is 12. The SMILES string of the molecule is CC.CC.CCC.CCCCCCc1cc(-c2ccc(Nc3ccccc3)c(C3SC(CC)CC3C)c2)sc1-c1ccc(C=O)s1. The summed E-state index contributed by atoms with van der Waals surface area (Å²) in [4.78, 5) is 16.1. The van der Waals surface area contributed by atoms with Crippen molar-refractivity contribution in [1.82, 2.24) is 0 Å². The van der Waals surface area contributed by atoms with Gasteiger partial charge < -0.3 is 5.32 Å². The van der Waals surface area contributed by atoms with Gasteiger partial charge in [0, 0.05) is 36.5 Å². The maximum Gasteiger partial charge on any atom is 0.160 e. The Morgan fingerprint density at radius 1 is 0.826 bits per heavy atom. The Morgan fingerprint density at radius 3 is 2.15 bits per heavy atom. The first-order valence-corrected chi connectivity index (χ1v) is 20.4. The van der Waals surface area contributed by atoms with Crippen LogP contribution in [0.4, 0.5) is 11.4 Å². The standard InChI is InChI=1S/C34H39NOS3.C3H8.2C2H6/c1-4-6-7-9-12-25-21-32(39-34(25)31-18-16-28(22-36)37-31)24-15-17-30(35-26-13-10-8-11-14-26)29(20-24)33-23(3)19-27(5-2)38-33;1-3-2;2*1-2/h8,10-11,13-18,20-23,27,33,35H,4-7,9,12,19H2,1-3H3;3H2,1-2H3;2*1-2H3. The summed E-state index contributed by atoms with van der Waals surface area (Å²) < 4.78 is 0. The second-order valence-electron chi connectivity index (χ2n) is 11.4. The van der Waals surface area contributed by atoms with E-state index in [4.69, 9.17) is 0 Å². The molecular weight excluding hydrogens is 619 g/mol. The van der Waals surface area contributed by atoms with Gasteiger partial charge in [-0.05, 0) is 90.8 Å². The molecule has 1 aliphatic heterocycles. The quantitative estimate of drug-likeness (QED) is 0.119. The lowest BCUT2D eigenvalue weighted by Gasteiger charge is -2.21. The highest BCUT2D eigenvalue weighted by atomic mass is 32.2. The second-order valence-corrected chi connectivity index (χ2v) is 15.0. The van der Waals surface area contributed by atoms with Gasteiger partial charge in [-0.1, -0.05) is 112 Å². The van der Waals surface area contributed by atoms with E-state index in [1.165, 1.54) is 82.0 Å². The molecule has 0 radical (unpaired) electrons. The molecule has 3 atom stereocenters. The number of carbonyl (C=O) groups is 1. The topological polar surface area (TPSA) is 29.1 Å². The van der Waals surface area contributed by atoms with Crippen molar-refractivity contribution in [2.24, 2.45) is 5.92 Å². The van der Waals surface area contributed by atoms with Crippen molar-refractivity contribution >= 4 is 52.1 Å². The number of benzene rings is 2. The number of thioether (sulfide) groups is 1. The molecule has 3 unspecified atom stereocenters. The van der Waals surface area contributed by atoms with Crippen LogP contribution in [0.15, 0.2) is 66.7 Å². The normalized spacial score (nSPS) is 16.7. The van der Waals surface area contributed by atoms with E-state index in [-0.39, 0.29) is 0 Å². The Labute approximate surface area is 293 Å². The summed E-state index contributed by atoms with van der Waals surface area (Å²) in [5.74, 6) is 0.646. The fourth-order valence-corrected chi connectivity index (χ4v) is 9.48. The van der Waals surface area contributed by atoms with Crippen molar-refractivity contribution in [3.63, 3.8) is 0 Å². The van der Waals surface area contributed by atoms with E-state index < -0.39 is 0 Å². The zero-order valence-electron chi connectivity index (χ0n) is 30.0. The smallest absolute Gasteiger partial charge is 0.160 e. The van der Waals surface area contributed by atoms with E-state index in [0.717, 1.165) is 28.5 Å². The van der Waals surface area contributed by atoms with Gasteiger partial charge in [-0.2, -0.15) is 0 Å². The highest BCUT2D eigenvalue weighted by Crippen LogP contribution is 2.53. The molecule has 2 aromatic carbocycles. The molecule has 0 spiro atoms. The van der Waals surface area contributed by atoms with Gasteiger partial charge in [-0.15, -0.1) is 34.4 Å². The van der Waals surface area contributed by atoms with E-state index in [0.29, 0.717) is 11.2 Å². The number of hydrogen-bond acceptors (Lipinski definition) is 5. The predicted molar refractivity (Wildman–Crippen MR) is 213 cm³/mol. The molecule has 5 rings (SSSR count). The van der Waals surface area contributed by atoms with Crippen LogP contribution in [0.2, 0.25) is 0 Å². The summed E-state index contributed by atoms with van der Waals surface area (Å²) >= 11 is 5.66. The molecular formula is C41H59NOS3. The zero-order valence-corrected chi connectivity index (χ0v) is 32.4. The zero-order chi connectivity index (χ0) is 33.9. The molecule has 0 amide bonds. The first kappa shape index (κ1) is 39.8. The van der Waals surface area contributed by atoms with Crippen LogP contribution in [-0.4, -0.2) is 11.5 Å². The molecule has 1 saturated heterocycles. The number of aryl methyl sites for hydroxylation is 1. The minimum absolute atomic E-state index is 0.488. The number of carbonyl (C=O) groups excluding carboxylic acids is 1. The third kappa shape index (κ3) is 11.4. The molecule has 4 aromatic rings. The number of thiophene rings is 2. The van der Waals surface area contributed by atoms with Gasteiger partial charge in [-0.25, -0.2) is 0 Å². The van der Waals surface area contributed by atoms with Crippen LogP contribution in [0.5, 0.6) is 0 Å². The van der Waals surface area contributed by atoms with Gasteiger partial charge in [0.25, 0.3) is 0 Å². The van der Waals surface area contributed by atoms with Crippen molar-refractivity contribution in [3.8, 4) is 20.2 Å². The highest BCUT2D eigenvalue weighted by molar-refractivity contribution is 8.00. The van der Waals surface area contributed by atoms with Crippen molar-refractivity contribution < 1.29 is 4.79 Å². The first-order valence-electron chi connectivity index (χ1n) is 17.8. The van der Waals surface area contributed by atoms with Crippen LogP contribution >= 0.6 is 34.4 Å². The van der Waals surface area contributed by atoms with E-state index in [1.54, 1.807) is 11.3 Å². The van der Waals surface area contributed by atoms with Crippen LogP contribution in [0.25, 0.3) is 20.2 Å². The molecule has 0 aliphatic carbocycles. The van der Waals surface area contributed by atoms with Gasteiger partial charge >= 0.3 is 0 Å². The molecule has 1 fully saturated rings. The fraction of sp³-hybridized carbons (Fsp3) is 0.488. The average molecular weight is 678 g/mol. The highest BCUT2D eigenvalue weighted by Gasteiger charge is 2.33.